The summed E-state index contributed by atoms with van der Waals surface area (Å²) in [7, 11) is 3.55. The molecule has 0 radical (unpaired) electrons. The van der Waals surface area contributed by atoms with Crippen molar-refractivity contribution in [1.29, 1.82) is 0 Å². The summed E-state index contributed by atoms with van der Waals surface area (Å²) in [5.74, 6) is 0.106. The van der Waals surface area contributed by atoms with E-state index in [1.807, 2.05) is 6.92 Å². The van der Waals surface area contributed by atoms with Gasteiger partial charge in [0.15, 0.2) is 0 Å². The second-order valence-electron chi connectivity index (χ2n) is 4.83. The number of nitrogens with zero attached hydrogens (tertiary/aromatic N) is 1. The quantitative estimate of drug-likeness (QED) is 0.862. The highest BCUT2D eigenvalue weighted by Crippen LogP contribution is 2.08. The van der Waals surface area contributed by atoms with Gasteiger partial charge in [-0.2, -0.15) is 0 Å². The van der Waals surface area contributed by atoms with Gasteiger partial charge < -0.3 is 10.2 Å². The molecule has 3 heteroatoms. The summed E-state index contributed by atoms with van der Waals surface area (Å²) in [4.78, 5) is 13.3. The topological polar surface area (TPSA) is 32.3 Å². The van der Waals surface area contributed by atoms with Crippen molar-refractivity contribution in [2.24, 2.45) is 0 Å². The van der Waals surface area contributed by atoms with Crippen LogP contribution in [0, 0.1) is 13.8 Å². The van der Waals surface area contributed by atoms with E-state index in [9.17, 15) is 4.79 Å². The van der Waals surface area contributed by atoms with Crippen LogP contribution in [0.2, 0.25) is 0 Å². The normalized spacial score (nSPS) is 12.3. The maximum Gasteiger partial charge on any atom is 0.238 e. The first-order valence-corrected chi connectivity index (χ1v) is 5.92. The molecule has 17 heavy (non-hydrogen) atoms. The standard InChI is InChI=1S/C14H22N2O/c1-10-6-11(2)8-13(7-10)9-15-12(3)14(17)16(4)5/h6-8,12,15H,9H2,1-5H3. The van der Waals surface area contributed by atoms with Crippen LogP contribution in [0.15, 0.2) is 18.2 Å². The summed E-state index contributed by atoms with van der Waals surface area (Å²) in [5, 5.41) is 3.24. The Kier molecular flexibility index (Phi) is 4.70. The van der Waals surface area contributed by atoms with Gasteiger partial charge >= 0.3 is 0 Å². The molecular formula is C14H22N2O. The van der Waals surface area contributed by atoms with Crippen LogP contribution < -0.4 is 5.32 Å². The van der Waals surface area contributed by atoms with Crippen LogP contribution in [0.1, 0.15) is 23.6 Å². The number of carbonyl (C=O) groups excluding carboxylic acids is 1. The lowest BCUT2D eigenvalue weighted by Gasteiger charge is -2.18. The fourth-order valence-electron chi connectivity index (χ4n) is 1.92. The molecule has 0 bridgehead atoms. The lowest BCUT2D eigenvalue weighted by Crippen LogP contribution is -2.41. The minimum absolute atomic E-state index is 0.106. The Balaban J connectivity index is 2.58. The molecule has 94 valence electrons. The van der Waals surface area contributed by atoms with Crippen molar-refractivity contribution in [2.75, 3.05) is 14.1 Å². The Morgan fingerprint density at radius 1 is 1.24 bits per heavy atom. The average Bonchev–Trinajstić information content (AvgIpc) is 2.23. The summed E-state index contributed by atoms with van der Waals surface area (Å²) in [6.45, 7) is 6.80. The molecule has 0 saturated heterocycles. The van der Waals surface area contributed by atoms with Gasteiger partial charge in [0.25, 0.3) is 0 Å². The molecule has 1 aromatic rings. The predicted octanol–water partition coefficient (Wildman–Crippen LogP) is 1.87. The summed E-state index contributed by atoms with van der Waals surface area (Å²) in [6.07, 6.45) is 0. The Morgan fingerprint density at radius 3 is 2.24 bits per heavy atom. The maximum absolute atomic E-state index is 11.7. The summed E-state index contributed by atoms with van der Waals surface area (Å²) < 4.78 is 0. The fraction of sp³-hybridized carbons (Fsp3) is 0.500. The predicted molar refractivity (Wildman–Crippen MR) is 70.9 cm³/mol. The minimum Gasteiger partial charge on any atom is -0.347 e. The van der Waals surface area contributed by atoms with Gasteiger partial charge in [0.05, 0.1) is 6.04 Å². The second-order valence-corrected chi connectivity index (χ2v) is 4.83. The zero-order valence-electron chi connectivity index (χ0n) is 11.4. The molecule has 1 aromatic carbocycles. The van der Waals surface area contributed by atoms with E-state index in [4.69, 9.17) is 0 Å². The molecule has 0 saturated carbocycles. The summed E-state index contributed by atoms with van der Waals surface area (Å²) in [5.41, 5.74) is 3.74. The van der Waals surface area contributed by atoms with Crippen molar-refractivity contribution >= 4 is 5.91 Å². The molecule has 1 unspecified atom stereocenters. The van der Waals surface area contributed by atoms with Crippen LogP contribution in [-0.4, -0.2) is 30.9 Å². The van der Waals surface area contributed by atoms with E-state index in [1.165, 1.54) is 16.7 Å². The summed E-state index contributed by atoms with van der Waals surface area (Å²) >= 11 is 0. The molecule has 0 spiro atoms. The molecule has 0 fully saturated rings. The molecule has 0 aliphatic rings. The van der Waals surface area contributed by atoms with Gasteiger partial charge in [-0.1, -0.05) is 29.3 Å². The first-order chi connectivity index (χ1) is 7.90. The van der Waals surface area contributed by atoms with E-state index in [-0.39, 0.29) is 11.9 Å². The first-order valence-electron chi connectivity index (χ1n) is 5.92. The zero-order chi connectivity index (χ0) is 13.0. The van der Waals surface area contributed by atoms with E-state index < -0.39 is 0 Å². The zero-order valence-corrected chi connectivity index (χ0v) is 11.4. The highest BCUT2D eigenvalue weighted by Gasteiger charge is 2.13. The number of hydrogen-bond acceptors (Lipinski definition) is 2. The Morgan fingerprint density at radius 2 is 1.76 bits per heavy atom. The second kappa shape index (κ2) is 5.82. The van der Waals surface area contributed by atoms with Crippen molar-refractivity contribution in [1.82, 2.24) is 10.2 Å². The van der Waals surface area contributed by atoms with Crippen LogP contribution in [0.3, 0.4) is 0 Å². The van der Waals surface area contributed by atoms with Crippen LogP contribution in [-0.2, 0) is 11.3 Å². The van der Waals surface area contributed by atoms with E-state index in [1.54, 1.807) is 19.0 Å². The van der Waals surface area contributed by atoms with E-state index in [2.05, 4.69) is 37.4 Å². The maximum atomic E-state index is 11.7. The molecule has 0 aliphatic carbocycles. The molecule has 1 atom stereocenters. The number of rotatable bonds is 4. The van der Waals surface area contributed by atoms with E-state index >= 15 is 0 Å². The third-order valence-electron chi connectivity index (χ3n) is 2.71. The minimum atomic E-state index is -0.147. The number of aryl methyl sites for hydroxylation is 2. The largest absolute Gasteiger partial charge is 0.347 e. The first kappa shape index (κ1) is 13.7. The van der Waals surface area contributed by atoms with Gasteiger partial charge in [0.2, 0.25) is 5.91 Å². The number of likely N-dealkylation sites (N-methyl/N-ethyl adjacent to an activating group) is 1. The van der Waals surface area contributed by atoms with Crippen molar-refractivity contribution in [3.63, 3.8) is 0 Å². The van der Waals surface area contributed by atoms with Crippen molar-refractivity contribution in [2.45, 2.75) is 33.4 Å². The Bertz CT molecular complexity index is 379. The third-order valence-corrected chi connectivity index (χ3v) is 2.71. The van der Waals surface area contributed by atoms with Crippen LogP contribution >= 0.6 is 0 Å². The van der Waals surface area contributed by atoms with Gasteiger partial charge in [0.1, 0.15) is 0 Å². The van der Waals surface area contributed by atoms with Crippen molar-refractivity contribution in [3.05, 3.63) is 34.9 Å². The molecular weight excluding hydrogens is 212 g/mol. The number of hydrogen-bond donors (Lipinski definition) is 1. The monoisotopic (exact) mass is 234 g/mol. The molecule has 1 rings (SSSR count). The lowest BCUT2D eigenvalue weighted by atomic mass is 10.1. The van der Waals surface area contributed by atoms with Gasteiger partial charge in [-0.15, -0.1) is 0 Å². The van der Waals surface area contributed by atoms with Crippen molar-refractivity contribution in [3.8, 4) is 0 Å². The SMILES string of the molecule is Cc1cc(C)cc(CNC(C)C(=O)N(C)C)c1. The third kappa shape index (κ3) is 4.19. The average molecular weight is 234 g/mol. The Hall–Kier alpha value is -1.35. The van der Waals surface area contributed by atoms with Gasteiger partial charge in [-0.05, 0) is 26.3 Å². The number of carbonyl (C=O) groups is 1. The molecule has 1 N–H and O–H groups in total. The Labute approximate surface area is 104 Å². The fourth-order valence-corrected chi connectivity index (χ4v) is 1.92. The van der Waals surface area contributed by atoms with Crippen LogP contribution in [0.25, 0.3) is 0 Å². The number of amides is 1. The van der Waals surface area contributed by atoms with Crippen LogP contribution in [0.5, 0.6) is 0 Å². The van der Waals surface area contributed by atoms with E-state index in [0.717, 1.165) is 6.54 Å². The smallest absolute Gasteiger partial charge is 0.238 e. The number of benzene rings is 1. The van der Waals surface area contributed by atoms with Gasteiger partial charge in [-0.25, -0.2) is 0 Å². The molecule has 0 aromatic heterocycles. The molecule has 0 heterocycles. The van der Waals surface area contributed by atoms with Gasteiger partial charge in [0, 0.05) is 20.6 Å². The highest BCUT2D eigenvalue weighted by molar-refractivity contribution is 5.80. The molecule has 0 aliphatic heterocycles. The molecule has 3 nitrogen and oxygen atoms in total. The van der Waals surface area contributed by atoms with Gasteiger partial charge in [-0.3, -0.25) is 4.79 Å². The number of nitrogens with one attached hydrogen (secondary N) is 1. The lowest BCUT2D eigenvalue weighted by molar-refractivity contribution is -0.130. The van der Waals surface area contributed by atoms with Crippen molar-refractivity contribution < 1.29 is 4.79 Å². The van der Waals surface area contributed by atoms with E-state index in [0.29, 0.717) is 0 Å². The summed E-state index contributed by atoms with van der Waals surface area (Å²) in [6, 6.07) is 6.29. The molecule has 1 amide bonds. The van der Waals surface area contributed by atoms with Crippen LogP contribution in [0.4, 0.5) is 0 Å². The highest BCUT2D eigenvalue weighted by atomic mass is 16.2.